The highest BCUT2D eigenvalue weighted by Gasteiger charge is 2.16. The standard InChI is InChI=1S/C9H10BIO3/c1-6(12)5-7-3-2-4-8(9(7)11)10(13)14/h2-4,13-14H,5H2,1H3. The van der Waals surface area contributed by atoms with Gasteiger partial charge in [0.2, 0.25) is 0 Å². The van der Waals surface area contributed by atoms with Crippen molar-refractivity contribution in [1.29, 1.82) is 0 Å². The van der Waals surface area contributed by atoms with Crippen LogP contribution in [0.25, 0.3) is 0 Å². The molecule has 0 heterocycles. The maximum Gasteiger partial charge on any atom is 0.489 e. The van der Waals surface area contributed by atoms with Gasteiger partial charge in [0.25, 0.3) is 0 Å². The number of rotatable bonds is 3. The summed E-state index contributed by atoms with van der Waals surface area (Å²) in [7, 11) is -1.48. The summed E-state index contributed by atoms with van der Waals surface area (Å²) in [5.74, 6) is 0.0625. The van der Waals surface area contributed by atoms with Crippen molar-refractivity contribution in [2.45, 2.75) is 13.3 Å². The fourth-order valence-corrected chi connectivity index (χ4v) is 2.03. The molecule has 0 radical (unpaired) electrons. The lowest BCUT2D eigenvalue weighted by molar-refractivity contribution is -0.116. The van der Waals surface area contributed by atoms with Gasteiger partial charge in [0.15, 0.2) is 0 Å². The number of hydrogen-bond acceptors (Lipinski definition) is 3. The third kappa shape index (κ3) is 2.80. The number of carbonyl (C=O) groups is 1. The van der Waals surface area contributed by atoms with Crippen LogP contribution in [0, 0.1) is 3.57 Å². The molecule has 0 aliphatic rings. The van der Waals surface area contributed by atoms with Crippen molar-refractivity contribution in [2.24, 2.45) is 0 Å². The average Bonchev–Trinajstić information content (AvgIpc) is 2.07. The van der Waals surface area contributed by atoms with Crippen molar-refractivity contribution in [3.05, 3.63) is 27.3 Å². The molecule has 5 heteroatoms. The molecule has 3 nitrogen and oxygen atoms in total. The number of hydrogen-bond donors (Lipinski definition) is 2. The Morgan fingerprint density at radius 3 is 2.64 bits per heavy atom. The van der Waals surface area contributed by atoms with Crippen LogP contribution in [-0.4, -0.2) is 22.9 Å². The van der Waals surface area contributed by atoms with Crippen molar-refractivity contribution >= 4 is 41.0 Å². The van der Waals surface area contributed by atoms with Crippen molar-refractivity contribution in [1.82, 2.24) is 0 Å². The van der Waals surface area contributed by atoms with E-state index in [0.29, 0.717) is 11.9 Å². The molecule has 0 amide bonds. The molecule has 2 N–H and O–H groups in total. The van der Waals surface area contributed by atoms with Gasteiger partial charge in [-0.1, -0.05) is 18.2 Å². The lowest BCUT2D eigenvalue weighted by Crippen LogP contribution is -2.33. The van der Waals surface area contributed by atoms with E-state index in [2.05, 4.69) is 0 Å². The Hall–Kier alpha value is -0.395. The predicted octanol–water partition coefficient (Wildman–Crippen LogP) is 0.103. The zero-order valence-corrected chi connectivity index (χ0v) is 9.85. The highest BCUT2D eigenvalue weighted by Crippen LogP contribution is 2.11. The van der Waals surface area contributed by atoms with Crippen LogP contribution >= 0.6 is 22.6 Å². The van der Waals surface area contributed by atoms with Gasteiger partial charge in [0, 0.05) is 9.99 Å². The minimum absolute atomic E-state index is 0.0625. The Balaban J connectivity index is 3.07. The first kappa shape index (κ1) is 11.7. The molecule has 0 atom stereocenters. The Bertz CT molecular complexity index is 352. The highest BCUT2D eigenvalue weighted by molar-refractivity contribution is 14.1. The second-order valence-electron chi connectivity index (χ2n) is 3.07. The SMILES string of the molecule is CC(=O)Cc1cccc(B(O)O)c1I. The normalized spacial score (nSPS) is 10.0. The first-order valence-electron chi connectivity index (χ1n) is 4.15. The molecule has 0 aliphatic carbocycles. The Labute approximate surface area is 96.4 Å². The van der Waals surface area contributed by atoms with Gasteiger partial charge >= 0.3 is 7.12 Å². The summed E-state index contributed by atoms with van der Waals surface area (Å²) in [5.41, 5.74) is 1.29. The summed E-state index contributed by atoms with van der Waals surface area (Å²) in [4.78, 5) is 10.9. The van der Waals surface area contributed by atoms with Crippen LogP contribution in [0.3, 0.4) is 0 Å². The van der Waals surface area contributed by atoms with E-state index in [1.165, 1.54) is 6.92 Å². The summed E-state index contributed by atoms with van der Waals surface area (Å²) in [5, 5.41) is 18.1. The Morgan fingerprint density at radius 2 is 2.14 bits per heavy atom. The van der Waals surface area contributed by atoms with E-state index >= 15 is 0 Å². The van der Waals surface area contributed by atoms with Gasteiger partial charge in [0.05, 0.1) is 0 Å². The monoisotopic (exact) mass is 304 g/mol. The predicted molar refractivity (Wildman–Crippen MR) is 63.4 cm³/mol. The van der Waals surface area contributed by atoms with Gasteiger partial charge in [-0.15, -0.1) is 0 Å². The lowest BCUT2D eigenvalue weighted by Gasteiger charge is -2.07. The van der Waals surface area contributed by atoms with Crippen molar-refractivity contribution in [3.8, 4) is 0 Å². The first-order chi connectivity index (χ1) is 6.52. The van der Waals surface area contributed by atoms with E-state index < -0.39 is 7.12 Å². The van der Waals surface area contributed by atoms with E-state index in [1.807, 2.05) is 28.7 Å². The number of benzene rings is 1. The summed E-state index contributed by atoms with van der Waals surface area (Å²) >= 11 is 2.02. The van der Waals surface area contributed by atoms with Crippen LogP contribution in [-0.2, 0) is 11.2 Å². The molecule has 0 aromatic heterocycles. The van der Waals surface area contributed by atoms with E-state index in [4.69, 9.17) is 10.0 Å². The quantitative estimate of drug-likeness (QED) is 0.615. The Morgan fingerprint density at radius 1 is 1.50 bits per heavy atom. The minimum atomic E-state index is -1.48. The third-order valence-corrected chi connectivity index (χ3v) is 3.14. The fraction of sp³-hybridized carbons (Fsp3) is 0.222. The van der Waals surface area contributed by atoms with E-state index in [0.717, 1.165) is 9.13 Å². The number of Topliss-reactive ketones (excluding diaryl/α,β-unsaturated/α-hetero) is 1. The molecule has 14 heavy (non-hydrogen) atoms. The summed E-state index contributed by atoms with van der Waals surface area (Å²) in [6.45, 7) is 1.51. The molecule has 0 unspecified atom stereocenters. The first-order valence-corrected chi connectivity index (χ1v) is 5.23. The van der Waals surface area contributed by atoms with Crippen LogP contribution in [0.4, 0.5) is 0 Å². The minimum Gasteiger partial charge on any atom is -0.423 e. The number of ketones is 1. The van der Waals surface area contributed by atoms with Gasteiger partial charge in [-0.3, -0.25) is 4.79 Å². The molecule has 1 rings (SSSR count). The molecule has 1 aromatic rings. The van der Waals surface area contributed by atoms with E-state index in [9.17, 15) is 4.79 Å². The topological polar surface area (TPSA) is 57.5 Å². The maximum absolute atomic E-state index is 10.9. The zero-order valence-electron chi connectivity index (χ0n) is 7.70. The summed E-state index contributed by atoms with van der Waals surface area (Å²) in [6, 6.07) is 5.17. The Kier molecular flexibility index (Phi) is 4.09. The molecule has 1 aromatic carbocycles. The summed E-state index contributed by atoms with van der Waals surface area (Å²) < 4.78 is 0.746. The second-order valence-corrected chi connectivity index (χ2v) is 4.15. The molecule has 74 valence electrons. The van der Waals surface area contributed by atoms with Crippen LogP contribution in [0.1, 0.15) is 12.5 Å². The molecule has 0 spiro atoms. The second kappa shape index (κ2) is 4.90. The zero-order chi connectivity index (χ0) is 10.7. The molecule has 0 saturated heterocycles. The smallest absolute Gasteiger partial charge is 0.423 e. The highest BCUT2D eigenvalue weighted by atomic mass is 127. The van der Waals surface area contributed by atoms with Crippen LogP contribution in [0.5, 0.6) is 0 Å². The van der Waals surface area contributed by atoms with Crippen molar-refractivity contribution < 1.29 is 14.8 Å². The molecular formula is C9H10BIO3. The molecular weight excluding hydrogens is 294 g/mol. The van der Waals surface area contributed by atoms with Crippen molar-refractivity contribution in [2.75, 3.05) is 0 Å². The maximum atomic E-state index is 10.9. The van der Waals surface area contributed by atoms with Gasteiger partial charge in [-0.05, 0) is 40.5 Å². The van der Waals surface area contributed by atoms with Gasteiger partial charge in [0.1, 0.15) is 5.78 Å². The van der Waals surface area contributed by atoms with Crippen molar-refractivity contribution in [3.63, 3.8) is 0 Å². The van der Waals surface area contributed by atoms with Crippen LogP contribution < -0.4 is 5.46 Å². The molecule has 0 bridgehead atoms. The molecule has 0 aliphatic heterocycles. The van der Waals surface area contributed by atoms with E-state index in [-0.39, 0.29) is 5.78 Å². The third-order valence-electron chi connectivity index (χ3n) is 1.83. The van der Waals surface area contributed by atoms with Gasteiger partial charge < -0.3 is 10.0 Å². The van der Waals surface area contributed by atoms with Gasteiger partial charge in [-0.2, -0.15) is 0 Å². The fourth-order valence-electron chi connectivity index (χ4n) is 1.20. The lowest BCUT2D eigenvalue weighted by atomic mass is 9.79. The summed E-state index contributed by atoms with van der Waals surface area (Å²) in [6.07, 6.45) is 0.332. The van der Waals surface area contributed by atoms with Crippen LogP contribution in [0.2, 0.25) is 0 Å². The number of carbonyl (C=O) groups excluding carboxylic acids is 1. The number of halogens is 1. The van der Waals surface area contributed by atoms with E-state index in [1.54, 1.807) is 12.1 Å². The van der Waals surface area contributed by atoms with Crippen LogP contribution in [0.15, 0.2) is 18.2 Å². The largest absolute Gasteiger partial charge is 0.489 e. The average molecular weight is 304 g/mol. The van der Waals surface area contributed by atoms with Gasteiger partial charge in [-0.25, -0.2) is 0 Å². The molecule has 0 saturated carbocycles. The molecule has 0 fully saturated rings.